The van der Waals surface area contributed by atoms with Gasteiger partial charge in [-0.05, 0) is 37.3 Å². The number of anilines is 1. The van der Waals surface area contributed by atoms with Crippen LogP contribution >= 0.6 is 11.6 Å². The van der Waals surface area contributed by atoms with Crippen LogP contribution in [0.3, 0.4) is 0 Å². The van der Waals surface area contributed by atoms with E-state index in [0.29, 0.717) is 42.8 Å². The van der Waals surface area contributed by atoms with Gasteiger partial charge in [-0.15, -0.1) is 0 Å². The van der Waals surface area contributed by atoms with Crippen molar-refractivity contribution in [2.75, 3.05) is 36.8 Å². The van der Waals surface area contributed by atoms with E-state index in [1.807, 2.05) is 6.07 Å². The lowest BCUT2D eigenvalue weighted by Gasteiger charge is -2.35. The van der Waals surface area contributed by atoms with Crippen LogP contribution in [0.5, 0.6) is 0 Å². The minimum absolute atomic E-state index is 0.116. The quantitative estimate of drug-likeness (QED) is 0.662. The molecule has 1 saturated heterocycles. The first-order chi connectivity index (χ1) is 13.0. The Hall–Kier alpha value is -2.16. The molecular formula is C18H19ClN4O3S. The first-order valence-corrected chi connectivity index (χ1v) is 10.7. The molecule has 0 spiro atoms. The summed E-state index contributed by atoms with van der Waals surface area (Å²) in [6.45, 7) is 3.66. The van der Waals surface area contributed by atoms with Gasteiger partial charge in [0.05, 0.1) is 17.5 Å². The molecule has 1 aliphatic heterocycles. The van der Waals surface area contributed by atoms with Crippen LogP contribution in [0, 0.1) is 0 Å². The number of benzene rings is 1. The lowest BCUT2D eigenvalue weighted by Crippen LogP contribution is -2.49. The molecule has 0 atom stereocenters. The standard InChI is InChI=1S/C18H19ClN4O3S/c1-2-27(24,25)23-9-7-22(8-10-23)18-14-6-5-13(19)12-15(14)20-17(21-18)16-4-3-11-26-16/h3-6,11-12H,2,7-10H2,1H3. The van der Waals surface area contributed by atoms with Gasteiger partial charge in [-0.3, -0.25) is 0 Å². The summed E-state index contributed by atoms with van der Waals surface area (Å²) in [6.07, 6.45) is 1.58. The zero-order chi connectivity index (χ0) is 19.0. The Morgan fingerprint density at radius 1 is 1.15 bits per heavy atom. The Morgan fingerprint density at radius 3 is 2.59 bits per heavy atom. The first-order valence-electron chi connectivity index (χ1n) is 8.72. The fourth-order valence-corrected chi connectivity index (χ4v) is 4.45. The molecule has 1 fully saturated rings. The number of piperazine rings is 1. The zero-order valence-electron chi connectivity index (χ0n) is 14.8. The molecule has 0 aliphatic carbocycles. The number of aromatic nitrogens is 2. The molecular weight excluding hydrogens is 388 g/mol. The van der Waals surface area contributed by atoms with Crippen molar-refractivity contribution in [3.8, 4) is 11.6 Å². The third-order valence-corrected chi connectivity index (χ3v) is 6.79. The summed E-state index contributed by atoms with van der Waals surface area (Å²) in [5, 5.41) is 1.47. The Labute approximate surface area is 162 Å². The van der Waals surface area contributed by atoms with Crippen molar-refractivity contribution >= 4 is 38.3 Å². The molecule has 4 rings (SSSR count). The van der Waals surface area contributed by atoms with Gasteiger partial charge in [-0.25, -0.2) is 18.4 Å². The van der Waals surface area contributed by atoms with Gasteiger partial charge in [0.15, 0.2) is 11.6 Å². The average molecular weight is 407 g/mol. The Morgan fingerprint density at radius 2 is 1.93 bits per heavy atom. The Balaban J connectivity index is 1.73. The van der Waals surface area contributed by atoms with Gasteiger partial charge in [0.25, 0.3) is 0 Å². The molecule has 1 aromatic carbocycles. The fourth-order valence-electron chi connectivity index (χ4n) is 3.20. The van der Waals surface area contributed by atoms with E-state index in [2.05, 4.69) is 9.88 Å². The molecule has 7 nitrogen and oxygen atoms in total. The van der Waals surface area contributed by atoms with Crippen LogP contribution in [0.1, 0.15) is 6.92 Å². The van der Waals surface area contributed by atoms with Crippen molar-refractivity contribution in [3.63, 3.8) is 0 Å². The predicted molar refractivity (Wildman–Crippen MR) is 105 cm³/mol. The van der Waals surface area contributed by atoms with Gasteiger partial charge in [0.1, 0.15) is 5.82 Å². The summed E-state index contributed by atoms with van der Waals surface area (Å²) in [5.74, 6) is 1.93. The van der Waals surface area contributed by atoms with E-state index in [0.717, 1.165) is 16.7 Å². The zero-order valence-corrected chi connectivity index (χ0v) is 16.4. The molecule has 27 heavy (non-hydrogen) atoms. The Bertz CT molecular complexity index is 1060. The largest absolute Gasteiger partial charge is 0.461 e. The first kappa shape index (κ1) is 18.2. The molecule has 0 unspecified atom stereocenters. The fraction of sp³-hybridized carbons (Fsp3) is 0.333. The number of hydrogen-bond donors (Lipinski definition) is 0. The second kappa shape index (κ2) is 7.10. The molecule has 3 heterocycles. The summed E-state index contributed by atoms with van der Waals surface area (Å²) < 4.78 is 31.2. The summed E-state index contributed by atoms with van der Waals surface area (Å²) in [5.41, 5.74) is 0.725. The highest BCUT2D eigenvalue weighted by Crippen LogP contribution is 2.30. The van der Waals surface area contributed by atoms with Crippen LogP contribution in [0.4, 0.5) is 5.82 Å². The highest BCUT2D eigenvalue weighted by Gasteiger charge is 2.27. The smallest absolute Gasteiger partial charge is 0.213 e. The maximum atomic E-state index is 12.1. The number of nitrogens with zero attached hydrogens (tertiary/aromatic N) is 4. The van der Waals surface area contributed by atoms with E-state index in [4.69, 9.17) is 21.0 Å². The van der Waals surface area contributed by atoms with Gasteiger partial charge in [0, 0.05) is 36.6 Å². The lowest BCUT2D eigenvalue weighted by molar-refractivity contribution is 0.385. The molecule has 3 aromatic rings. The molecule has 0 amide bonds. The molecule has 9 heteroatoms. The average Bonchev–Trinajstić information content (AvgIpc) is 3.22. The van der Waals surface area contributed by atoms with Crippen molar-refractivity contribution in [2.24, 2.45) is 0 Å². The van der Waals surface area contributed by atoms with E-state index in [1.165, 1.54) is 4.31 Å². The minimum Gasteiger partial charge on any atom is -0.461 e. The van der Waals surface area contributed by atoms with Crippen LogP contribution in [0.2, 0.25) is 5.02 Å². The summed E-state index contributed by atoms with van der Waals surface area (Å²) >= 11 is 6.15. The van der Waals surface area contributed by atoms with E-state index in [-0.39, 0.29) is 5.75 Å². The summed E-state index contributed by atoms with van der Waals surface area (Å²) in [6, 6.07) is 9.09. The van der Waals surface area contributed by atoms with Crippen LogP contribution in [-0.4, -0.2) is 54.6 Å². The summed E-state index contributed by atoms with van der Waals surface area (Å²) in [7, 11) is -3.18. The summed E-state index contributed by atoms with van der Waals surface area (Å²) in [4.78, 5) is 11.4. The van der Waals surface area contributed by atoms with Crippen LogP contribution in [0.15, 0.2) is 41.0 Å². The van der Waals surface area contributed by atoms with Crippen molar-refractivity contribution in [2.45, 2.75) is 6.92 Å². The molecule has 0 saturated carbocycles. The van der Waals surface area contributed by atoms with Gasteiger partial charge in [0.2, 0.25) is 10.0 Å². The Kier molecular flexibility index (Phi) is 4.79. The molecule has 2 aromatic heterocycles. The number of hydrogen-bond acceptors (Lipinski definition) is 6. The van der Waals surface area contributed by atoms with Crippen molar-refractivity contribution in [3.05, 3.63) is 41.6 Å². The maximum absolute atomic E-state index is 12.1. The SMILES string of the molecule is CCS(=O)(=O)N1CCN(c2nc(-c3ccco3)nc3cc(Cl)ccc23)CC1. The maximum Gasteiger partial charge on any atom is 0.213 e. The molecule has 142 valence electrons. The number of furan rings is 1. The van der Waals surface area contributed by atoms with Gasteiger partial charge < -0.3 is 9.32 Å². The van der Waals surface area contributed by atoms with E-state index >= 15 is 0 Å². The van der Waals surface area contributed by atoms with Crippen molar-refractivity contribution in [1.29, 1.82) is 0 Å². The minimum atomic E-state index is -3.18. The van der Waals surface area contributed by atoms with Gasteiger partial charge >= 0.3 is 0 Å². The van der Waals surface area contributed by atoms with Gasteiger partial charge in [-0.2, -0.15) is 4.31 Å². The highest BCUT2D eigenvalue weighted by atomic mass is 35.5. The second-order valence-electron chi connectivity index (χ2n) is 6.30. The van der Waals surface area contributed by atoms with E-state index in [1.54, 1.807) is 37.5 Å². The highest BCUT2D eigenvalue weighted by molar-refractivity contribution is 7.89. The number of fused-ring (bicyclic) bond motifs is 1. The lowest BCUT2D eigenvalue weighted by atomic mass is 10.2. The molecule has 0 bridgehead atoms. The predicted octanol–water partition coefficient (Wildman–Crippen LogP) is 3.01. The van der Waals surface area contributed by atoms with Crippen LogP contribution < -0.4 is 4.90 Å². The van der Waals surface area contributed by atoms with E-state index in [9.17, 15) is 8.42 Å². The number of halogens is 1. The van der Waals surface area contributed by atoms with Gasteiger partial charge in [-0.1, -0.05) is 11.6 Å². The topological polar surface area (TPSA) is 79.5 Å². The monoisotopic (exact) mass is 406 g/mol. The van der Waals surface area contributed by atoms with Crippen LogP contribution in [-0.2, 0) is 10.0 Å². The van der Waals surface area contributed by atoms with E-state index < -0.39 is 10.0 Å². The van der Waals surface area contributed by atoms with Crippen LogP contribution in [0.25, 0.3) is 22.5 Å². The molecule has 0 N–H and O–H groups in total. The third-order valence-electron chi connectivity index (χ3n) is 4.68. The third kappa shape index (κ3) is 3.52. The van der Waals surface area contributed by atoms with Crippen molar-refractivity contribution < 1.29 is 12.8 Å². The number of sulfonamides is 1. The van der Waals surface area contributed by atoms with Crippen molar-refractivity contribution in [1.82, 2.24) is 14.3 Å². The second-order valence-corrected chi connectivity index (χ2v) is 8.99. The normalized spacial score (nSPS) is 16.1. The number of rotatable bonds is 4. The molecule has 1 aliphatic rings. The molecule has 0 radical (unpaired) electrons.